The van der Waals surface area contributed by atoms with Crippen LogP contribution in [-0.4, -0.2) is 53.2 Å². The molecule has 0 atom stereocenters. The maximum Gasteiger partial charge on any atom is 2.00 e. The molecule has 0 saturated heterocycles. The molecular formula is C39H31F3N6O6RuS2. The molecule has 18 heteroatoms. The van der Waals surface area contributed by atoms with Crippen LogP contribution in [0.4, 0.5) is 13.2 Å². The van der Waals surface area contributed by atoms with Crippen molar-refractivity contribution in [3.8, 4) is 50.0 Å². The van der Waals surface area contributed by atoms with Gasteiger partial charge in [-0.2, -0.15) is 19.4 Å². The summed E-state index contributed by atoms with van der Waals surface area (Å²) in [6, 6.07) is 16.5. The second-order valence-corrected chi connectivity index (χ2v) is 13.1. The minimum atomic E-state index is -4.38. The van der Waals surface area contributed by atoms with Crippen molar-refractivity contribution in [2.45, 2.75) is 45.2 Å². The molecule has 6 rings (SSSR count). The summed E-state index contributed by atoms with van der Waals surface area (Å²) >= 11 is 5.45. The summed E-state index contributed by atoms with van der Waals surface area (Å²) in [4.78, 5) is 56.7. The van der Waals surface area contributed by atoms with Gasteiger partial charge in [-0.3, -0.25) is 15.0 Å². The van der Waals surface area contributed by atoms with Gasteiger partial charge in [0.2, 0.25) is 0 Å². The van der Waals surface area contributed by atoms with E-state index in [1.807, 2.05) is 6.07 Å². The minimum Gasteiger partial charge on any atom is -0.696 e. The Bertz CT molecular complexity index is 2270. The third kappa shape index (κ3) is 13.1. The molecule has 6 aromatic rings. The van der Waals surface area contributed by atoms with Crippen LogP contribution in [0.25, 0.3) is 44.6 Å². The fourth-order valence-electron chi connectivity index (χ4n) is 5.06. The quantitative estimate of drug-likeness (QED) is 0.0455. The van der Waals surface area contributed by atoms with Crippen LogP contribution < -0.4 is 4.98 Å². The predicted molar refractivity (Wildman–Crippen MR) is 204 cm³/mol. The molecule has 12 nitrogen and oxygen atoms in total. The smallest absolute Gasteiger partial charge is 0.696 e. The first-order chi connectivity index (χ1) is 26.7. The van der Waals surface area contributed by atoms with Gasteiger partial charge in [0.25, 0.3) is 0 Å². The number of hydrogen-bond donors (Lipinski definition) is 3. The van der Waals surface area contributed by atoms with Gasteiger partial charge in [-0.25, -0.2) is 24.6 Å². The normalized spacial score (nSPS) is 10.4. The number of carboxylic acids is 3. The average molecular weight is 902 g/mol. The number of rotatable bonds is 12. The predicted octanol–water partition coefficient (Wildman–Crippen LogP) is 8.89. The number of thiophene rings is 1. The summed E-state index contributed by atoms with van der Waals surface area (Å²) in [5, 5.41) is 36.0. The summed E-state index contributed by atoms with van der Waals surface area (Å²) in [5.74, 6) is -3.56. The third-order valence-electron chi connectivity index (χ3n) is 7.82. The topological polar surface area (TPSA) is 201 Å². The van der Waals surface area contributed by atoms with E-state index in [1.165, 1.54) is 84.8 Å². The third-order valence-corrected chi connectivity index (χ3v) is 9.02. The first-order valence-corrected chi connectivity index (χ1v) is 17.9. The van der Waals surface area contributed by atoms with E-state index in [-0.39, 0.29) is 64.6 Å². The molecule has 3 N–H and O–H groups in total. The number of aromatic nitrogens is 5. The Hall–Kier alpha value is -5.89. The summed E-state index contributed by atoms with van der Waals surface area (Å²) in [5.41, 5.74) is 1.29. The average Bonchev–Trinajstić information content (AvgIpc) is 3.89. The van der Waals surface area contributed by atoms with Crippen molar-refractivity contribution < 1.29 is 62.4 Å². The standard InChI is InChI=1S/C20H20F3N2S.C18H11N3O6.CHNS.Ru/c1-2-3-4-5-6-16-8-10-19(26-16)14-7-9-17(24-12-14)18-11-15(13-25-18)20(21,22)23;22-16(23)9-1-3-19-12(5-9)14-7-11(18(26)27)8-15(21-14)13-6-10(17(24)25)2-4-20-13;2-1-3;/h7-13H,2-6H2,1H3;1-8H,(H,22,23)(H,24,25)(H,26,27);3H;/q-1;;;+2/p-1. The molecule has 0 spiro atoms. The number of hydrogen-bond acceptors (Lipinski definition) is 10. The molecule has 57 heavy (non-hydrogen) atoms. The van der Waals surface area contributed by atoms with E-state index in [0.717, 1.165) is 29.1 Å². The van der Waals surface area contributed by atoms with Crippen molar-refractivity contribution in [3.63, 3.8) is 0 Å². The molecule has 0 aliphatic carbocycles. The molecule has 0 unspecified atom stereocenters. The van der Waals surface area contributed by atoms with Crippen molar-refractivity contribution in [2.24, 2.45) is 0 Å². The number of pyridine rings is 4. The maximum absolute atomic E-state index is 12.7. The number of carbonyl (C=O) groups is 3. The number of halogens is 3. The van der Waals surface area contributed by atoms with E-state index in [2.05, 4.69) is 56.6 Å². The van der Waals surface area contributed by atoms with Gasteiger partial charge in [0.1, 0.15) is 0 Å². The Labute approximate surface area is 346 Å². The first-order valence-electron chi connectivity index (χ1n) is 16.7. The molecular weight excluding hydrogens is 871 g/mol. The van der Waals surface area contributed by atoms with Gasteiger partial charge in [0.15, 0.2) is 0 Å². The van der Waals surface area contributed by atoms with Crippen LogP contribution >= 0.6 is 11.3 Å². The van der Waals surface area contributed by atoms with Crippen molar-refractivity contribution in [1.29, 1.82) is 5.26 Å². The largest absolute Gasteiger partial charge is 2.00 e. The zero-order valence-electron chi connectivity index (χ0n) is 29.7. The van der Waals surface area contributed by atoms with Gasteiger partial charge in [-0.15, -0.1) is 17.0 Å². The van der Waals surface area contributed by atoms with Crippen molar-refractivity contribution in [2.75, 3.05) is 0 Å². The Kier molecular flexibility index (Phi) is 17.1. The van der Waals surface area contributed by atoms with Crippen LogP contribution in [0, 0.1) is 10.7 Å². The Morgan fingerprint density at radius 3 is 1.81 bits per heavy atom. The van der Waals surface area contributed by atoms with Crippen LogP contribution in [0.2, 0.25) is 0 Å². The number of thiocyanates is 1. The molecule has 0 saturated carbocycles. The van der Waals surface area contributed by atoms with E-state index >= 15 is 0 Å². The van der Waals surface area contributed by atoms with E-state index in [1.54, 1.807) is 23.6 Å². The number of aromatic carboxylic acids is 3. The number of nitriles is 1. The molecule has 0 amide bonds. The second-order valence-electron chi connectivity index (χ2n) is 11.7. The monoisotopic (exact) mass is 902 g/mol. The van der Waals surface area contributed by atoms with E-state index < -0.39 is 29.6 Å². The van der Waals surface area contributed by atoms with Gasteiger partial charge < -0.3 is 32.9 Å². The fraction of sp³-hybridized carbons (Fsp3) is 0.179. The summed E-state index contributed by atoms with van der Waals surface area (Å²) in [6.07, 6.45) is 6.77. The molecule has 0 aliphatic rings. The van der Waals surface area contributed by atoms with E-state index in [9.17, 15) is 32.7 Å². The summed E-state index contributed by atoms with van der Waals surface area (Å²) in [6.45, 7) is 2.20. The molecule has 0 bridgehead atoms. The summed E-state index contributed by atoms with van der Waals surface area (Å²) < 4.78 is 38.0. The van der Waals surface area contributed by atoms with Crippen LogP contribution in [0.1, 0.15) is 74.1 Å². The second kappa shape index (κ2) is 21.4. The Morgan fingerprint density at radius 2 is 1.33 bits per heavy atom. The zero-order valence-corrected chi connectivity index (χ0v) is 33.1. The molecule has 0 aliphatic heterocycles. The Morgan fingerprint density at radius 1 is 0.772 bits per heavy atom. The molecule has 6 aromatic heterocycles. The van der Waals surface area contributed by atoms with Crippen molar-refractivity contribution in [3.05, 3.63) is 119 Å². The van der Waals surface area contributed by atoms with Crippen LogP contribution in [0.5, 0.6) is 0 Å². The molecule has 0 fully saturated rings. The minimum absolute atomic E-state index is 0. The first kappa shape index (κ1) is 45.5. The van der Waals surface area contributed by atoms with Crippen LogP contribution in [-0.2, 0) is 44.7 Å². The van der Waals surface area contributed by atoms with E-state index in [4.69, 9.17) is 15.5 Å². The van der Waals surface area contributed by atoms with Gasteiger partial charge in [-0.1, -0.05) is 37.7 Å². The van der Waals surface area contributed by atoms with Gasteiger partial charge >= 0.3 is 43.6 Å². The number of nitrogens with zero attached hydrogens (tertiary/aromatic N) is 6. The zero-order chi connectivity index (χ0) is 40.8. The Balaban J connectivity index is 0.000000281. The van der Waals surface area contributed by atoms with E-state index in [0.29, 0.717) is 5.69 Å². The van der Waals surface area contributed by atoms with Gasteiger partial charge in [0, 0.05) is 45.2 Å². The molecule has 294 valence electrons. The number of carboxylic acid groups (broad SMARTS) is 3. The SMILES string of the molecule is CCCCCCc1ccc(-c2ccc(-c3cc(C(F)(F)F)c[n-]3)nc2)s1.N#C[S-].O=C(O)c1ccnc(-c2cc(C(=O)O)cc(-c3cc(C(=O)O)ccn3)n2)c1.[Ru+2]. The van der Waals surface area contributed by atoms with Crippen molar-refractivity contribution in [1.82, 2.24) is 24.9 Å². The summed E-state index contributed by atoms with van der Waals surface area (Å²) in [7, 11) is 0. The number of aryl methyl sites for hydroxylation is 1. The number of alkyl halides is 3. The van der Waals surface area contributed by atoms with Crippen LogP contribution in [0.3, 0.4) is 0 Å². The van der Waals surface area contributed by atoms with Crippen molar-refractivity contribution >= 4 is 41.9 Å². The van der Waals surface area contributed by atoms with Gasteiger partial charge in [0.05, 0.1) is 39.5 Å². The fourth-order valence-corrected chi connectivity index (χ4v) is 6.10. The molecule has 0 radical (unpaired) electrons. The molecule has 0 aromatic carbocycles. The number of unbranched alkanes of at least 4 members (excludes halogenated alkanes) is 3. The van der Waals surface area contributed by atoms with Crippen LogP contribution in [0.15, 0.2) is 91.5 Å². The maximum atomic E-state index is 12.7. The van der Waals surface area contributed by atoms with Gasteiger partial charge in [-0.05, 0) is 73.5 Å². The molecule has 6 heterocycles.